The Hall–Kier alpha value is -3.60. The Kier molecular flexibility index (Phi) is 9.51. The van der Waals surface area contributed by atoms with Crippen LogP contribution in [0.4, 0.5) is 16.4 Å². The first kappa shape index (κ1) is 28.0. The zero-order chi connectivity index (χ0) is 27.1. The lowest BCUT2D eigenvalue weighted by atomic mass is 10.2. The molecule has 2 aromatic carbocycles. The lowest BCUT2D eigenvalue weighted by molar-refractivity contribution is -0.883. The van der Waals surface area contributed by atoms with E-state index in [4.69, 9.17) is 25.4 Å². The molecule has 0 spiro atoms. The maximum Gasteiger partial charge on any atom is 0.339 e. The Bertz CT molecular complexity index is 1250. The van der Waals surface area contributed by atoms with Crippen LogP contribution in [-0.2, 0) is 0 Å². The number of hydrogen-bond donors (Lipinski definition) is 6. The van der Waals surface area contributed by atoms with Gasteiger partial charge in [-0.1, -0.05) is 12.1 Å². The van der Waals surface area contributed by atoms with Crippen LogP contribution in [0.1, 0.15) is 34.6 Å². The van der Waals surface area contributed by atoms with Crippen molar-refractivity contribution in [3.8, 4) is 11.5 Å². The molecule has 37 heavy (non-hydrogen) atoms. The topological polar surface area (TPSA) is 130 Å². The maximum absolute atomic E-state index is 10.3. The van der Waals surface area contributed by atoms with E-state index in [1.807, 2.05) is 11.3 Å². The van der Waals surface area contributed by atoms with E-state index in [1.54, 1.807) is 18.7 Å². The number of carbonyl (C=O) groups is 1. The number of anilines is 2. The number of aliphatic hydroxyl groups excluding tert-OH is 1. The van der Waals surface area contributed by atoms with Crippen LogP contribution in [0.25, 0.3) is 0 Å². The van der Waals surface area contributed by atoms with Crippen LogP contribution in [0, 0.1) is 6.92 Å². The molecule has 1 saturated heterocycles. The van der Waals surface area contributed by atoms with Crippen LogP contribution in [0.3, 0.4) is 0 Å². The molecule has 6 N–H and O–H groups in total. The number of nitrogens with one attached hydrogen (secondary N) is 2. The number of aliphatic imine (C=N–C) groups is 1. The van der Waals surface area contributed by atoms with Crippen LogP contribution >= 0.6 is 11.3 Å². The lowest BCUT2D eigenvalue weighted by Crippen LogP contribution is -3.12. The molecular weight excluding hydrogens is 492 g/mol. The number of phenolic OH excluding ortho intramolecular Hbond substituents is 1. The monoisotopic (exact) mass is 527 g/mol. The van der Waals surface area contributed by atoms with E-state index in [-0.39, 0.29) is 23.2 Å². The van der Waals surface area contributed by atoms with Crippen molar-refractivity contribution >= 4 is 39.5 Å². The lowest BCUT2D eigenvalue weighted by Gasteiger charge is -2.32. The fraction of sp³-hybridized carbons (Fsp3) is 0.333. The normalized spacial score (nSPS) is 14.5. The first-order valence-corrected chi connectivity index (χ1v) is 12.9. The number of amidine groups is 1. The quantitative estimate of drug-likeness (QED) is 0.268. The van der Waals surface area contributed by atoms with Crippen molar-refractivity contribution in [2.75, 3.05) is 38.5 Å². The van der Waals surface area contributed by atoms with E-state index in [2.05, 4.69) is 54.5 Å². The van der Waals surface area contributed by atoms with Gasteiger partial charge in [0.2, 0.25) is 0 Å². The molecule has 0 bridgehead atoms. The first-order valence-electron chi connectivity index (χ1n) is 12.1. The van der Waals surface area contributed by atoms with Gasteiger partial charge in [-0.2, -0.15) is 0 Å². The number of benzene rings is 2. The predicted molar refractivity (Wildman–Crippen MR) is 147 cm³/mol. The number of thiophene rings is 1. The van der Waals surface area contributed by atoms with Crippen LogP contribution in [0.15, 0.2) is 53.5 Å². The van der Waals surface area contributed by atoms with Crippen LogP contribution < -0.4 is 10.2 Å². The minimum Gasteiger partial charge on any atom is -0.508 e. The number of rotatable bonds is 1. The molecule has 198 valence electrons. The van der Waals surface area contributed by atoms with Gasteiger partial charge in [0.05, 0.1) is 50.2 Å². The van der Waals surface area contributed by atoms with Gasteiger partial charge in [0.25, 0.3) is 0 Å². The Balaban J connectivity index is 0.000000213. The zero-order valence-electron chi connectivity index (χ0n) is 21.5. The average molecular weight is 528 g/mol. The number of aliphatic hydroxyl groups is 1. The SMILES string of the molecule is CC(C)O.Cc1cc2c(s1)Nc1ccccc1N=C2N1CC[NH+](C)CC1.O=C(O)c1cc(O)ccc1O. The van der Waals surface area contributed by atoms with Gasteiger partial charge in [-0.05, 0) is 57.2 Å². The summed E-state index contributed by atoms with van der Waals surface area (Å²) in [5.41, 5.74) is 3.08. The molecule has 3 heterocycles. The van der Waals surface area contributed by atoms with Gasteiger partial charge in [0.15, 0.2) is 0 Å². The highest BCUT2D eigenvalue weighted by atomic mass is 32.1. The molecule has 0 radical (unpaired) electrons. The largest absolute Gasteiger partial charge is 0.508 e. The van der Waals surface area contributed by atoms with Gasteiger partial charge in [0, 0.05) is 11.0 Å². The van der Waals surface area contributed by atoms with Gasteiger partial charge in [-0.3, -0.25) is 0 Å². The van der Waals surface area contributed by atoms with Crippen molar-refractivity contribution in [3.05, 3.63) is 64.5 Å². The summed E-state index contributed by atoms with van der Waals surface area (Å²) in [6, 6.07) is 13.9. The third-order valence-electron chi connectivity index (χ3n) is 5.60. The highest BCUT2D eigenvalue weighted by Crippen LogP contribution is 2.39. The molecule has 0 unspecified atom stereocenters. The summed E-state index contributed by atoms with van der Waals surface area (Å²) in [6.07, 6.45) is -0.167. The van der Waals surface area contributed by atoms with E-state index in [1.165, 1.54) is 34.6 Å². The van der Waals surface area contributed by atoms with E-state index in [9.17, 15) is 4.79 Å². The molecule has 0 saturated carbocycles. The molecule has 2 aliphatic heterocycles. The number of carboxylic acid groups (broad SMARTS) is 1. The van der Waals surface area contributed by atoms with E-state index < -0.39 is 5.97 Å². The highest BCUT2D eigenvalue weighted by molar-refractivity contribution is 7.16. The molecule has 1 aromatic heterocycles. The third-order valence-corrected chi connectivity index (χ3v) is 6.57. The predicted octanol–water partition coefficient (Wildman–Crippen LogP) is 3.21. The van der Waals surface area contributed by atoms with E-state index in [0.717, 1.165) is 42.4 Å². The van der Waals surface area contributed by atoms with Gasteiger partial charge in [-0.25, -0.2) is 9.79 Å². The second-order valence-corrected chi connectivity index (χ2v) is 10.5. The number of carboxylic acids is 1. The number of nitrogens with zero attached hydrogens (tertiary/aromatic N) is 2. The molecule has 5 rings (SSSR count). The van der Waals surface area contributed by atoms with Crippen LogP contribution in [-0.4, -0.2) is 76.5 Å². The van der Waals surface area contributed by atoms with Gasteiger partial charge < -0.3 is 35.5 Å². The number of fused-ring (bicyclic) bond motifs is 2. The summed E-state index contributed by atoms with van der Waals surface area (Å²) in [4.78, 5) is 20.7. The number of likely N-dealkylation sites (N-methyl/N-ethyl adjacent to an activating group) is 1. The fourth-order valence-electron chi connectivity index (χ4n) is 3.78. The molecular formula is C27H35N4O5S+. The Morgan fingerprint density at radius 1 is 1.11 bits per heavy atom. The fourth-order valence-corrected chi connectivity index (χ4v) is 4.70. The summed E-state index contributed by atoms with van der Waals surface area (Å²) in [7, 11) is 2.27. The first-order chi connectivity index (χ1) is 17.5. The number of para-hydroxylation sites is 2. The molecule has 0 aliphatic carbocycles. The van der Waals surface area contributed by atoms with Crippen molar-refractivity contribution < 1.29 is 30.1 Å². The van der Waals surface area contributed by atoms with Crippen LogP contribution in [0.2, 0.25) is 0 Å². The molecule has 1 fully saturated rings. The molecule has 0 atom stereocenters. The van der Waals surface area contributed by atoms with Gasteiger partial charge in [0.1, 0.15) is 27.9 Å². The van der Waals surface area contributed by atoms with Crippen LogP contribution in [0.5, 0.6) is 11.5 Å². The summed E-state index contributed by atoms with van der Waals surface area (Å²) in [5.74, 6) is -0.668. The number of phenols is 2. The second-order valence-electron chi connectivity index (χ2n) is 9.22. The number of aromatic carboxylic acids is 1. The standard InChI is InChI=1S/C17H20N4S.C7H6O4.C3H8O/c1-12-11-13-16(21-9-7-20(2)8-10-21)18-14-5-3-4-6-15(14)19-17(13)22-12;8-4-1-2-6(9)5(3-4)7(10)11;1-3(2)4/h3-6,11,19H,7-10H2,1-2H3;1-3,8-9H,(H,10,11);3-4H,1-2H3/p+1. The van der Waals surface area contributed by atoms with Crippen molar-refractivity contribution in [3.63, 3.8) is 0 Å². The van der Waals surface area contributed by atoms with Gasteiger partial charge in [-0.15, -0.1) is 11.3 Å². The number of hydrogen-bond acceptors (Lipinski definition) is 8. The molecule has 2 aliphatic rings. The van der Waals surface area contributed by atoms with Crippen molar-refractivity contribution in [1.29, 1.82) is 0 Å². The molecule has 9 nitrogen and oxygen atoms in total. The van der Waals surface area contributed by atoms with E-state index >= 15 is 0 Å². The van der Waals surface area contributed by atoms with Gasteiger partial charge >= 0.3 is 5.97 Å². The summed E-state index contributed by atoms with van der Waals surface area (Å²) >= 11 is 1.81. The molecule has 0 amide bonds. The number of aryl methyl sites for hydroxylation is 1. The van der Waals surface area contributed by atoms with Crippen molar-refractivity contribution in [2.24, 2.45) is 4.99 Å². The Labute approximate surface area is 221 Å². The summed E-state index contributed by atoms with van der Waals surface area (Å²) in [6.45, 7) is 10.1. The molecule has 3 aromatic rings. The minimum atomic E-state index is -1.27. The second kappa shape index (κ2) is 12.6. The highest BCUT2D eigenvalue weighted by Gasteiger charge is 2.26. The maximum atomic E-state index is 10.3. The molecule has 10 heteroatoms. The minimum absolute atomic E-state index is 0.167. The van der Waals surface area contributed by atoms with Crippen molar-refractivity contribution in [2.45, 2.75) is 26.9 Å². The van der Waals surface area contributed by atoms with Crippen molar-refractivity contribution in [1.82, 2.24) is 4.90 Å². The zero-order valence-corrected chi connectivity index (χ0v) is 22.3. The average Bonchev–Trinajstić information content (AvgIpc) is 3.12. The number of piperazine rings is 1. The number of quaternary nitrogens is 1. The third kappa shape index (κ3) is 7.69. The Morgan fingerprint density at radius 2 is 1.76 bits per heavy atom. The summed E-state index contributed by atoms with van der Waals surface area (Å²) < 4.78 is 0. The smallest absolute Gasteiger partial charge is 0.339 e. The number of aromatic hydroxyl groups is 2. The van der Waals surface area contributed by atoms with E-state index in [0.29, 0.717) is 0 Å². The summed E-state index contributed by atoms with van der Waals surface area (Å²) in [5, 5.41) is 39.0. The Morgan fingerprint density at radius 3 is 2.38 bits per heavy atom.